The van der Waals surface area contributed by atoms with Gasteiger partial charge in [0.05, 0.1) is 10.7 Å². The van der Waals surface area contributed by atoms with Crippen LogP contribution in [0.5, 0.6) is 0 Å². The molecule has 0 aliphatic carbocycles. The van der Waals surface area contributed by atoms with Gasteiger partial charge in [0.1, 0.15) is 6.04 Å². The molecule has 19 heavy (non-hydrogen) atoms. The van der Waals surface area contributed by atoms with Crippen molar-refractivity contribution < 1.29 is 14.7 Å². The fourth-order valence-electron chi connectivity index (χ4n) is 2.04. The number of urea groups is 1. The number of hydrogen-bond acceptors (Lipinski definition) is 2. The summed E-state index contributed by atoms with van der Waals surface area (Å²) in [5.41, 5.74) is 0.489. The predicted octanol–water partition coefficient (Wildman–Crippen LogP) is 3.03. The number of aliphatic carboxylic acids is 1. The van der Waals surface area contributed by atoms with Gasteiger partial charge in [0.15, 0.2) is 0 Å². The van der Waals surface area contributed by atoms with E-state index < -0.39 is 18.0 Å². The number of rotatable bonds is 2. The van der Waals surface area contributed by atoms with Gasteiger partial charge in [0.2, 0.25) is 0 Å². The molecule has 1 aromatic carbocycles. The van der Waals surface area contributed by atoms with Crippen LogP contribution >= 0.6 is 34.2 Å². The van der Waals surface area contributed by atoms with E-state index in [0.717, 1.165) is 3.57 Å². The Hall–Kier alpha value is -1.02. The van der Waals surface area contributed by atoms with Crippen molar-refractivity contribution in [2.75, 3.05) is 11.9 Å². The fourth-order valence-corrected chi connectivity index (χ4v) is 2.95. The van der Waals surface area contributed by atoms with E-state index in [1.807, 2.05) is 6.07 Å². The van der Waals surface area contributed by atoms with E-state index in [9.17, 15) is 9.59 Å². The first-order valence-corrected chi connectivity index (χ1v) is 7.20. The van der Waals surface area contributed by atoms with E-state index in [2.05, 4.69) is 27.9 Å². The topological polar surface area (TPSA) is 69.6 Å². The minimum Gasteiger partial charge on any atom is -0.480 e. The Kier molecular flexibility index (Phi) is 4.51. The molecule has 102 valence electrons. The third-order valence-corrected chi connectivity index (χ3v) is 3.96. The van der Waals surface area contributed by atoms with Crippen LogP contribution in [-0.4, -0.2) is 34.6 Å². The lowest BCUT2D eigenvalue weighted by Gasteiger charge is -2.22. The third-order valence-electron chi connectivity index (χ3n) is 2.97. The van der Waals surface area contributed by atoms with Crippen LogP contribution in [-0.2, 0) is 4.79 Å². The number of hydrogen-bond donors (Lipinski definition) is 2. The molecule has 1 unspecified atom stereocenters. The van der Waals surface area contributed by atoms with Crippen molar-refractivity contribution in [2.24, 2.45) is 0 Å². The predicted molar refractivity (Wildman–Crippen MR) is 80.6 cm³/mol. The minimum absolute atomic E-state index is 0.423. The van der Waals surface area contributed by atoms with Crippen molar-refractivity contribution in [1.82, 2.24) is 4.90 Å². The fraction of sp³-hybridized carbons (Fsp3) is 0.333. The zero-order valence-electron chi connectivity index (χ0n) is 9.90. The maximum absolute atomic E-state index is 12.1. The highest BCUT2D eigenvalue weighted by Crippen LogP contribution is 2.25. The first kappa shape index (κ1) is 14.4. The normalized spacial score (nSPS) is 18.4. The molecule has 2 N–H and O–H groups in total. The molecule has 1 aromatic rings. The average Bonchev–Trinajstić information content (AvgIpc) is 2.82. The summed E-state index contributed by atoms with van der Waals surface area (Å²) < 4.78 is 0.963. The standard InChI is InChI=1S/C12H12ClIN2O3/c13-8-6-7(14)3-4-9(8)15-12(19)16-5-1-2-10(16)11(17)18/h3-4,6,10H,1-2,5H2,(H,15,19)(H,17,18). The molecular weight excluding hydrogens is 382 g/mol. The summed E-state index contributed by atoms with van der Waals surface area (Å²) in [4.78, 5) is 24.4. The molecule has 5 nitrogen and oxygen atoms in total. The number of amides is 2. The quantitative estimate of drug-likeness (QED) is 0.758. The van der Waals surface area contributed by atoms with Crippen LogP contribution in [0.3, 0.4) is 0 Å². The lowest BCUT2D eigenvalue weighted by Crippen LogP contribution is -2.42. The summed E-state index contributed by atoms with van der Waals surface area (Å²) in [5, 5.41) is 12.1. The van der Waals surface area contributed by atoms with Crippen LogP contribution in [0.25, 0.3) is 0 Å². The molecule has 1 heterocycles. The summed E-state index contributed by atoms with van der Waals surface area (Å²) in [7, 11) is 0. The first-order valence-electron chi connectivity index (χ1n) is 5.74. The van der Waals surface area contributed by atoms with Crippen LogP contribution in [0, 0.1) is 3.57 Å². The summed E-state index contributed by atoms with van der Waals surface area (Å²) in [6.07, 6.45) is 1.19. The Morgan fingerprint density at radius 1 is 1.47 bits per heavy atom. The van der Waals surface area contributed by atoms with Gasteiger partial charge in [-0.3, -0.25) is 0 Å². The maximum atomic E-state index is 12.1. The molecule has 2 amide bonds. The highest BCUT2D eigenvalue weighted by atomic mass is 127. The lowest BCUT2D eigenvalue weighted by atomic mass is 10.2. The molecule has 0 spiro atoms. The van der Waals surface area contributed by atoms with Gasteiger partial charge in [-0.1, -0.05) is 11.6 Å². The van der Waals surface area contributed by atoms with E-state index in [0.29, 0.717) is 30.1 Å². The zero-order chi connectivity index (χ0) is 14.0. The first-order chi connectivity index (χ1) is 8.99. The van der Waals surface area contributed by atoms with Crippen LogP contribution < -0.4 is 5.32 Å². The number of benzene rings is 1. The number of carboxylic acid groups (broad SMARTS) is 1. The Balaban J connectivity index is 2.10. The maximum Gasteiger partial charge on any atom is 0.326 e. The summed E-state index contributed by atoms with van der Waals surface area (Å²) in [6.45, 7) is 0.449. The Labute approximate surface area is 129 Å². The van der Waals surface area contributed by atoms with Crippen molar-refractivity contribution in [2.45, 2.75) is 18.9 Å². The smallest absolute Gasteiger partial charge is 0.326 e. The van der Waals surface area contributed by atoms with E-state index in [1.54, 1.807) is 12.1 Å². The van der Waals surface area contributed by atoms with Crippen LogP contribution in [0.4, 0.5) is 10.5 Å². The molecule has 1 aliphatic rings. The molecule has 0 bridgehead atoms. The minimum atomic E-state index is -0.971. The van der Waals surface area contributed by atoms with Crippen molar-refractivity contribution in [3.8, 4) is 0 Å². The number of anilines is 1. The van der Waals surface area contributed by atoms with Gasteiger partial charge in [0, 0.05) is 10.1 Å². The lowest BCUT2D eigenvalue weighted by molar-refractivity contribution is -0.141. The second-order valence-corrected chi connectivity index (χ2v) is 5.90. The number of carboxylic acids is 1. The molecule has 1 saturated heterocycles. The SMILES string of the molecule is O=C(O)C1CCCN1C(=O)Nc1ccc(I)cc1Cl. The third kappa shape index (κ3) is 3.30. The van der Waals surface area contributed by atoms with E-state index in [4.69, 9.17) is 16.7 Å². The van der Waals surface area contributed by atoms with Crippen molar-refractivity contribution in [1.29, 1.82) is 0 Å². The molecule has 0 saturated carbocycles. The van der Waals surface area contributed by atoms with E-state index in [-0.39, 0.29) is 0 Å². The average molecular weight is 395 g/mol. The highest BCUT2D eigenvalue weighted by Gasteiger charge is 2.34. The van der Waals surface area contributed by atoms with Crippen LogP contribution in [0.15, 0.2) is 18.2 Å². The van der Waals surface area contributed by atoms with Crippen molar-refractivity contribution >= 4 is 51.9 Å². The molecule has 2 rings (SSSR count). The van der Waals surface area contributed by atoms with Gasteiger partial charge in [-0.2, -0.15) is 0 Å². The molecule has 0 aromatic heterocycles. The number of likely N-dealkylation sites (tertiary alicyclic amines) is 1. The van der Waals surface area contributed by atoms with Crippen molar-refractivity contribution in [3.63, 3.8) is 0 Å². The molecule has 1 atom stereocenters. The van der Waals surface area contributed by atoms with Gasteiger partial charge in [-0.15, -0.1) is 0 Å². The highest BCUT2D eigenvalue weighted by molar-refractivity contribution is 14.1. The number of nitrogens with zero attached hydrogens (tertiary/aromatic N) is 1. The van der Waals surface area contributed by atoms with Crippen LogP contribution in [0.2, 0.25) is 5.02 Å². The Morgan fingerprint density at radius 2 is 2.21 bits per heavy atom. The second kappa shape index (κ2) is 5.96. The van der Waals surface area contributed by atoms with Gasteiger partial charge in [-0.05, 0) is 53.6 Å². The Bertz CT molecular complexity index is 524. The molecule has 7 heteroatoms. The largest absolute Gasteiger partial charge is 0.480 e. The molecule has 0 radical (unpaired) electrons. The zero-order valence-corrected chi connectivity index (χ0v) is 12.8. The van der Waals surface area contributed by atoms with E-state index in [1.165, 1.54) is 4.90 Å². The van der Waals surface area contributed by atoms with Gasteiger partial charge >= 0.3 is 12.0 Å². The van der Waals surface area contributed by atoms with Gasteiger partial charge < -0.3 is 15.3 Å². The number of carbonyl (C=O) groups excluding carboxylic acids is 1. The van der Waals surface area contributed by atoms with Gasteiger partial charge in [0.25, 0.3) is 0 Å². The molecule has 1 aliphatic heterocycles. The van der Waals surface area contributed by atoms with Gasteiger partial charge in [-0.25, -0.2) is 9.59 Å². The second-order valence-electron chi connectivity index (χ2n) is 4.24. The van der Waals surface area contributed by atoms with Crippen molar-refractivity contribution in [3.05, 3.63) is 26.8 Å². The summed E-state index contributed by atoms with van der Waals surface area (Å²) in [5.74, 6) is -0.971. The molecular formula is C12H12ClIN2O3. The summed E-state index contributed by atoms with van der Waals surface area (Å²) >= 11 is 8.15. The van der Waals surface area contributed by atoms with Crippen LogP contribution in [0.1, 0.15) is 12.8 Å². The number of nitrogens with one attached hydrogen (secondary N) is 1. The Morgan fingerprint density at radius 3 is 2.84 bits per heavy atom. The van der Waals surface area contributed by atoms with E-state index >= 15 is 0 Å². The number of carbonyl (C=O) groups is 2. The summed E-state index contributed by atoms with van der Waals surface area (Å²) in [6, 6.07) is 4.08. The monoisotopic (exact) mass is 394 g/mol. The molecule has 1 fully saturated rings. The number of halogens is 2.